The molecule has 4 aliphatic rings. The molecule has 0 spiro atoms. The number of pyridine rings is 1. The lowest BCUT2D eigenvalue weighted by atomic mass is 9.69. The highest BCUT2D eigenvalue weighted by molar-refractivity contribution is 7.90. The number of ether oxygens (including phenoxy) is 2. The fraction of sp³-hybridized carbons (Fsp3) is 0.422. The van der Waals surface area contributed by atoms with Crippen LogP contribution in [0.4, 0.5) is 17.1 Å². The van der Waals surface area contributed by atoms with Gasteiger partial charge >= 0.3 is 0 Å². The number of nitrogens with zero attached hydrogens (tertiary/aromatic N) is 4. The normalized spacial score (nSPS) is 22.3. The predicted molar refractivity (Wildman–Crippen MR) is 234 cm³/mol. The van der Waals surface area contributed by atoms with E-state index in [1.54, 1.807) is 30.5 Å². The molecule has 3 aromatic carbocycles. The van der Waals surface area contributed by atoms with Crippen LogP contribution in [0.5, 0.6) is 11.5 Å². The van der Waals surface area contributed by atoms with Gasteiger partial charge in [-0.15, -0.1) is 0 Å². The number of nitro groups is 1. The number of carbonyl (C=O) groups excluding carboxylic acids is 1. The predicted octanol–water partition coefficient (Wildman–Crippen LogP) is 8.22. The van der Waals surface area contributed by atoms with Gasteiger partial charge in [-0.3, -0.25) is 19.8 Å². The molecule has 14 nitrogen and oxygen atoms in total. The van der Waals surface area contributed by atoms with Crippen LogP contribution < -0.4 is 19.7 Å². The Kier molecular flexibility index (Phi) is 11.9. The number of aromatic nitrogens is 2. The van der Waals surface area contributed by atoms with Gasteiger partial charge in [0, 0.05) is 86.9 Å². The molecule has 5 aromatic rings. The van der Waals surface area contributed by atoms with E-state index in [0.29, 0.717) is 43.0 Å². The summed E-state index contributed by atoms with van der Waals surface area (Å²) in [7, 11) is -4.54. The number of fused-ring (bicyclic) bond motifs is 3. The number of amides is 1. The third kappa shape index (κ3) is 9.20. The zero-order valence-corrected chi connectivity index (χ0v) is 35.4. The van der Waals surface area contributed by atoms with Crippen LogP contribution in [-0.2, 0) is 14.8 Å². The fourth-order valence-corrected chi connectivity index (χ4v) is 11.2. The number of hydrogen-bond acceptors (Lipinski definition) is 11. The van der Waals surface area contributed by atoms with Gasteiger partial charge in [-0.1, -0.05) is 30.2 Å². The molecule has 0 unspecified atom stereocenters. The molecule has 1 amide bonds. The minimum Gasteiger partial charge on any atom is -0.455 e. The average molecular weight is 868 g/mol. The van der Waals surface area contributed by atoms with Gasteiger partial charge in [-0.05, 0) is 116 Å². The number of aromatic amines is 1. The Hall–Kier alpha value is -5.22. The number of rotatable bonds is 13. The highest BCUT2D eigenvalue weighted by atomic mass is 35.5. The van der Waals surface area contributed by atoms with E-state index in [0.717, 1.165) is 79.6 Å². The van der Waals surface area contributed by atoms with Gasteiger partial charge in [-0.25, -0.2) is 18.1 Å². The van der Waals surface area contributed by atoms with Crippen molar-refractivity contribution < 1.29 is 27.6 Å². The molecule has 2 aliphatic heterocycles. The zero-order valence-electron chi connectivity index (χ0n) is 33.8. The quantitative estimate of drug-likeness (QED) is 0.0769. The second-order valence-corrected chi connectivity index (χ2v) is 19.1. The Morgan fingerprint density at radius 3 is 2.56 bits per heavy atom. The molecule has 4 fully saturated rings. The Labute approximate surface area is 360 Å². The molecule has 9 rings (SSSR count). The zero-order chi connectivity index (χ0) is 42.1. The van der Waals surface area contributed by atoms with E-state index in [1.165, 1.54) is 49.6 Å². The topological polar surface area (TPSA) is 172 Å². The minimum atomic E-state index is -4.54. The number of nitrogens with one attached hydrogen (secondary N) is 3. The molecule has 61 heavy (non-hydrogen) atoms. The van der Waals surface area contributed by atoms with Crippen molar-refractivity contribution in [1.82, 2.24) is 19.6 Å². The molecule has 2 saturated carbocycles. The number of benzene rings is 3. The van der Waals surface area contributed by atoms with Crippen molar-refractivity contribution in [1.29, 1.82) is 0 Å². The van der Waals surface area contributed by atoms with Crippen LogP contribution in [0.1, 0.15) is 60.4 Å². The Morgan fingerprint density at radius 2 is 1.77 bits per heavy atom. The molecular weight excluding hydrogens is 818 g/mol. The minimum absolute atomic E-state index is 0.0236. The molecule has 0 radical (unpaired) electrons. The summed E-state index contributed by atoms with van der Waals surface area (Å²) in [5.41, 5.74) is 2.67. The molecule has 4 heterocycles. The second-order valence-electron chi connectivity index (χ2n) is 17.0. The van der Waals surface area contributed by atoms with Crippen LogP contribution in [0.3, 0.4) is 0 Å². The smallest absolute Gasteiger partial charge is 0.293 e. The van der Waals surface area contributed by atoms with Gasteiger partial charge < -0.3 is 24.7 Å². The van der Waals surface area contributed by atoms with E-state index in [4.69, 9.17) is 21.1 Å². The standard InChI is InChI=1S/C45H50ClN7O7S/c46-35-5-3-31(4-6-35)43-32-2-1-30(21-32)22-34(43)28-51-15-17-52(18-16-51)36-7-9-39(42(24-36)60-37-23-33-11-14-47-44(33)49-27-37)45(54)50-61(57,58)38-8-10-40(41(25-38)53(55)56)48-26-29-12-19-59-20-13-29/h3-11,14,23-25,27,29-30,32,34,43,48H,1-2,12-13,15-22,26,28H2,(H,47,49)(H,50,54)/t30-,32+,34-,43+/m0/s1. The monoisotopic (exact) mass is 867 g/mol. The van der Waals surface area contributed by atoms with Crippen molar-refractivity contribution in [2.45, 2.75) is 49.3 Å². The molecule has 2 bridgehead atoms. The third-order valence-electron chi connectivity index (χ3n) is 13.2. The highest BCUT2D eigenvalue weighted by Crippen LogP contribution is 2.53. The van der Waals surface area contributed by atoms with Gasteiger partial charge in [0.2, 0.25) is 0 Å². The Bertz CT molecular complexity index is 2500. The van der Waals surface area contributed by atoms with Gasteiger partial charge in [0.05, 0.1) is 21.6 Å². The molecule has 2 aromatic heterocycles. The van der Waals surface area contributed by atoms with E-state index in [9.17, 15) is 23.3 Å². The summed E-state index contributed by atoms with van der Waals surface area (Å²) in [6.45, 7) is 6.07. The lowest BCUT2D eigenvalue weighted by molar-refractivity contribution is -0.384. The summed E-state index contributed by atoms with van der Waals surface area (Å²) in [6.07, 6.45) is 10.2. The maximum atomic E-state index is 13.9. The molecule has 16 heteroatoms. The summed E-state index contributed by atoms with van der Waals surface area (Å²) in [5.74, 6) is 2.50. The van der Waals surface area contributed by atoms with Crippen molar-refractivity contribution in [3.05, 3.63) is 111 Å². The molecule has 2 saturated heterocycles. The first-order valence-electron chi connectivity index (χ1n) is 21.2. The van der Waals surface area contributed by atoms with Crippen molar-refractivity contribution in [2.24, 2.45) is 23.7 Å². The van der Waals surface area contributed by atoms with E-state index >= 15 is 0 Å². The van der Waals surface area contributed by atoms with Crippen LogP contribution in [0, 0.1) is 33.8 Å². The summed E-state index contributed by atoms with van der Waals surface area (Å²) in [5, 5.41) is 16.8. The third-order valence-corrected chi connectivity index (χ3v) is 14.7. The summed E-state index contributed by atoms with van der Waals surface area (Å²) < 4.78 is 41.2. The van der Waals surface area contributed by atoms with Crippen LogP contribution >= 0.6 is 11.6 Å². The van der Waals surface area contributed by atoms with Gasteiger partial charge in [0.25, 0.3) is 21.6 Å². The first-order chi connectivity index (χ1) is 29.6. The Balaban J connectivity index is 0.916. The fourth-order valence-electron chi connectivity index (χ4n) is 10.1. The SMILES string of the molecule is O=C(NS(=O)(=O)c1ccc(NCC2CCOCC2)c([N+](=O)[O-])c1)c1ccc(N2CCN(C[C@@H]3C[C@H]4CC[C@H](C4)[C@H]3c3ccc(Cl)cc3)CC2)cc1Oc1cnc2[nH]ccc2c1. The van der Waals surface area contributed by atoms with E-state index in [1.807, 2.05) is 18.2 Å². The lowest BCUT2D eigenvalue weighted by Crippen LogP contribution is -2.49. The van der Waals surface area contributed by atoms with Crippen molar-refractivity contribution >= 4 is 55.6 Å². The number of carbonyl (C=O) groups is 1. The molecule has 4 atom stereocenters. The first kappa shape index (κ1) is 41.1. The lowest BCUT2D eigenvalue weighted by Gasteiger charge is -2.42. The number of H-pyrrole nitrogens is 1. The van der Waals surface area contributed by atoms with Gasteiger partial charge in [-0.2, -0.15) is 0 Å². The van der Waals surface area contributed by atoms with Crippen molar-refractivity contribution in [3.8, 4) is 11.5 Å². The number of sulfonamides is 1. The molecular formula is C45H50ClN7O7S. The van der Waals surface area contributed by atoms with E-state index in [2.05, 4.69) is 41.9 Å². The maximum Gasteiger partial charge on any atom is 0.293 e. The largest absolute Gasteiger partial charge is 0.455 e. The van der Waals surface area contributed by atoms with Crippen LogP contribution in [0.25, 0.3) is 11.0 Å². The van der Waals surface area contributed by atoms with E-state index in [-0.39, 0.29) is 22.9 Å². The highest BCUT2D eigenvalue weighted by Gasteiger charge is 2.43. The number of halogens is 1. The maximum absolute atomic E-state index is 13.9. The van der Waals surface area contributed by atoms with Crippen LogP contribution in [0.2, 0.25) is 5.02 Å². The summed E-state index contributed by atoms with van der Waals surface area (Å²) >= 11 is 6.28. The van der Waals surface area contributed by atoms with E-state index < -0.39 is 31.4 Å². The molecule has 3 N–H and O–H groups in total. The van der Waals surface area contributed by atoms with Crippen molar-refractivity contribution in [3.63, 3.8) is 0 Å². The Morgan fingerprint density at radius 1 is 0.967 bits per heavy atom. The second kappa shape index (κ2) is 17.6. The van der Waals surface area contributed by atoms with Gasteiger partial charge in [0.1, 0.15) is 22.8 Å². The summed E-state index contributed by atoms with van der Waals surface area (Å²) in [6, 6.07) is 20.8. The van der Waals surface area contributed by atoms with Crippen LogP contribution in [0.15, 0.2) is 90.1 Å². The number of piperazine rings is 1. The molecule has 320 valence electrons. The van der Waals surface area contributed by atoms with Gasteiger partial charge in [0.15, 0.2) is 0 Å². The average Bonchev–Trinajstić information content (AvgIpc) is 3.90. The molecule has 2 aliphatic carbocycles. The van der Waals surface area contributed by atoms with Crippen LogP contribution in [-0.4, -0.2) is 86.6 Å². The van der Waals surface area contributed by atoms with Crippen molar-refractivity contribution in [2.75, 3.05) is 62.7 Å². The number of nitro benzene ring substituents is 1. The first-order valence-corrected chi connectivity index (χ1v) is 23.1. The number of hydrogen-bond donors (Lipinski definition) is 3. The summed E-state index contributed by atoms with van der Waals surface area (Å²) in [4.78, 5) is 37.3. The number of anilines is 2.